The van der Waals surface area contributed by atoms with Crippen molar-refractivity contribution in [3.05, 3.63) is 17.0 Å². The third kappa shape index (κ3) is 2.09. The molecule has 0 bridgehead atoms. The van der Waals surface area contributed by atoms with Gasteiger partial charge in [0, 0.05) is 5.92 Å². The van der Waals surface area contributed by atoms with Gasteiger partial charge >= 0.3 is 0 Å². The average Bonchev–Trinajstić information content (AvgIpc) is 2.87. The Balaban J connectivity index is 1.97. The van der Waals surface area contributed by atoms with Gasteiger partial charge in [-0.1, -0.05) is 6.92 Å². The molecule has 2 unspecified atom stereocenters. The number of nitrogens with one attached hydrogen (secondary N) is 1. The number of carbonyl (C=O) groups excluding carboxylic acids is 1. The van der Waals surface area contributed by atoms with Crippen molar-refractivity contribution in [2.24, 2.45) is 11.8 Å². The van der Waals surface area contributed by atoms with Gasteiger partial charge < -0.3 is 5.32 Å². The molecule has 0 saturated heterocycles. The van der Waals surface area contributed by atoms with Crippen molar-refractivity contribution < 1.29 is 4.79 Å². The van der Waals surface area contributed by atoms with E-state index in [-0.39, 0.29) is 11.8 Å². The molecule has 0 aliphatic heterocycles. The Morgan fingerprint density at radius 2 is 2.29 bits per heavy atom. The summed E-state index contributed by atoms with van der Waals surface area (Å²) in [5.41, 5.74) is 0. The highest BCUT2D eigenvalue weighted by molar-refractivity contribution is 9.10. The number of hydrogen-bond acceptors (Lipinski definition) is 3. The Kier molecular flexibility index (Phi) is 2.50. The first-order valence-corrected chi connectivity index (χ1v) is 5.24. The van der Waals surface area contributed by atoms with Gasteiger partial charge in [-0.15, -0.1) is 0 Å². The summed E-state index contributed by atoms with van der Waals surface area (Å²) in [7, 11) is 0. The van der Waals surface area contributed by atoms with Crippen molar-refractivity contribution in [3.63, 3.8) is 0 Å². The van der Waals surface area contributed by atoms with Crippen LogP contribution in [0.2, 0.25) is 0 Å². The number of anilines is 1. The van der Waals surface area contributed by atoms with E-state index in [1.807, 2.05) is 0 Å². The molecule has 0 aromatic carbocycles. The molecule has 1 aliphatic rings. The molecule has 1 aliphatic carbocycles. The SMILES string of the molecule is CC1CC1C(=O)Nc1cnc(Br)cn1. The second-order valence-corrected chi connectivity index (χ2v) is 4.35. The number of nitrogens with zero attached hydrogens (tertiary/aromatic N) is 2. The maximum atomic E-state index is 11.5. The normalized spacial score (nSPS) is 24.4. The van der Waals surface area contributed by atoms with Gasteiger partial charge in [-0.2, -0.15) is 0 Å². The molecule has 14 heavy (non-hydrogen) atoms. The van der Waals surface area contributed by atoms with Crippen LogP contribution in [-0.2, 0) is 4.79 Å². The quantitative estimate of drug-likeness (QED) is 0.878. The maximum Gasteiger partial charge on any atom is 0.228 e. The van der Waals surface area contributed by atoms with Gasteiger partial charge in [0.15, 0.2) is 5.82 Å². The molecule has 0 spiro atoms. The van der Waals surface area contributed by atoms with E-state index in [4.69, 9.17) is 0 Å². The van der Waals surface area contributed by atoms with Crippen LogP contribution in [0.1, 0.15) is 13.3 Å². The smallest absolute Gasteiger partial charge is 0.228 e. The molecule has 5 heteroatoms. The topological polar surface area (TPSA) is 54.9 Å². The van der Waals surface area contributed by atoms with Crippen LogP contribution in [-0.4, -0.2) is 15.9 Å². The molecule has 4 nitrogen and oxygen atoms in total. The molecule has 74 valence electrons. The molecule has 2 rings (SSSR count). The summed E-state index contributed by atoms with van der Waals surface area (Å²) >= 11 is 3.18. The maximum absolute atomic E-state index is 11.5. The van der Waals surface area contributed by atoms with Crippen LogP contribution in [0.3, 0.4) is 0 Å². The first-order chi connectivity index (χ1) is 6.66. The zero-order valence-electron chi connectivity index (χ0n) is 7.70. The summed E-state index contributed by atoms with van der Waals surface area (Å²) in [5, 5.41) is 2.73. The molecular weight excluding hydrogens is 246 g/mol. The van der Waals surface area contributed by atoms with Crippen molar-refractivity contribution in [2.75, 3.05) is 5.32 Å². The van der Waals surface area contributed by atoms with Crippen molar-refractivity contribution in [1.29, 1.82) is 0 Å². The van der Waals surface area contributed by atoms with Crippen LogP contribution < -0.4 is 5.32 Å². The molecule has 1 fully saturated rings. The molecule has 1 heterocycles. The second kappa shape index (κ2) is 3.65. The predicted octanol–water partition coefficient (Wildman–Crippen LogP) is 1.83. The summed E-state index contributed by atoms with van der Waals surface area (Å²) in [4.78, 5) is 19.5. The zero-order chi connectivity index (χ0) is 10.1. The van der Waals surface area contributed by atoms with E-state index in [1.54, 1.807) is 6.20 Å². The van der Waals surface area contributed by atoms with Gasteiger partial charge in [0.25, 0.3) is 0 Å². The number of hydrogen-bond donors (Lipinski definition) is 1. The van der Waals surface area contributed by atoms with Crippen LogP contribution in [0.5, 0.6) is 0 Å². The van der Waals surface area contributed by atoms with E-state index in [0.717, 1.165) is 6.42 Å². The molecule has 1 aromatic heterocycles. The van der Waals surface area contributed by atoms with E-state index >= 15 is 0 Å². The van der Waals surface area contributed by atoms with Crippen LogP contribution in [0, 0.1) is 11.8 Å². The molecule has 0 radical (unpaired) electrons. The summed E-state index contributed by atoms with van der Waals surface area (Å²) in [6.07, 6.45) is 4.08. The van der Waals surface area contributed by atoms with Crippen molar-refractivity contribution >= 4 is 27.7 Å². The standard InChI is InChI=1S/C9H10BrN3O/c1-5-2-6(5)9(14)13-8-4-11-7(10)3-12-8/h3-6H,2H2,1H3,(H,12,13,14). The van der Waals surface area contributed by atoms with Crippen molar-refractivity contribution in [3.8, 4) is 0 Å². The molecule has 2 atom stereocenters. The lowest BCUT2D eigenvalue weighted by molar-refractivity contribution is -0.117. The largest absolute Gasteiger partial charge is 0.309 e. The molecule has 1 saturated carbocycles. The minimum atomic E-state index is 0.0501. The Morgan fingerprint density at radius 3 is 2.79 bits per heavy atom. The van der Waals surface area contributed by atoms with Crippen molar-refractivity contribution in [2.45, 2.75) is 13.3 Å². The Morgan fingerprint density at radius 1 is 1.57 bits per heavy atom. The summed E-state index contributed by atoms with van der Waals surface area (Å²) in [6, 6.07) is 0. The minimum absolute atomic E-state index is 0.0501. The zero-order valence-corrected chi connectivity index (χ0v) is 9.28. The lowest BCUT2D eigenvalue weighted by Crippen LogP contribution is -2.15. The Labute approximate surface area is 90.3 Å². The van der Waals surface area contributed by atoms with Crippen LogP contribution in [0.25, 0.3) is 0 Å². The second-order valence-electron chi connectivity index (χ2n) is 3.53. The van der Waals surface area contributed by atoms with Crippen LogP contribution in [0.4, 0.5) is 5.82 Å². The van der Waals surface area contributed by atoms with E-state index in [9.17, 15) is 4.79 Å². The van der Waals surface area contributed by atoms with E-state index in [2.05, 4.69) is 38.1 Å². The summed E-state index contributed by atoms with van der Waals surface area (Å²) in [5.74, 6) is 1.24. The molecule has 1 amide bonds. The van der Waals surface area contributed by atoms with Crippen LogP contribution >= 0.6 is 15.9 Å². The first kappa shape index (κ1) is 9.58. The fourth-order valence-electron chi connectivity index (χ4n) is 1.28. The van der Waals surface area contributed by atoms with Gasteiger partial charge in [0.2, 0.25) is 5.91 Å². The van der Waals surface area contributed by atoms with Gasteiger partial charge in [0.05, 0.1) is 12.4 Å². The lowest BCUT2D eigenvalue weighted by atomic mass is 10.3. The van der Waals surface area contributed by atoms with E-state index in [0.29, 0.717) is 16.3 Å². The third-order valence-corrected chi connectivity index (χ3v) is 2.73. The highest BCUT2D eigenvalue weighted by Crippen LogP contribution is 2.38. The number of rotatable bonds is 2. The van der Waals surface area contributed by atoms with Crippen molar-refractivity contribution in [1.82, 2.24) is 9.97 Å². The third-order valence-electron chi connectivity index (χ3n) is 2.32. The van der Waals surface area contributed by atoms with E-state index < -0.39 is 0 Å². The molecule has 1 N–H and O–H groups in total. The highest BCUT2D eigenvalue weighted by atomic mass is 79.9. The first-order valence-electron chi connectivity index (χ1n) is 4.45. The van der Waals surface area contributed by atoms with Gasteiger partial charge in [0.1, 0.15) is 4.60 Å². The van der Waals surface area contributed by atoms with Gasteiger partial charge in [-0.25, -0.2) is 9.97 Å². The fraction of sp³-hybridized carbons (Fsp3) is 0.444. The number of aromatic nitrogens is 2. The summed E-state index contributed by atoms with van der Waals surface area (Å²) < 4.78 is 0.662. The van der Waals surface area contributed by atoms with Gasteiger partial charge in [-0.05, 0) is 28.3 Å². The summed E-state index contributed by atoms with van der Waals surface area (Å²) in [6.45, 7) is 2.07. The van der Waals surface area contributed by atoms with Gasteiger partial charge in [-0.3, -0.25) is 4.79 Å². The highest BCUT2D eigenvalue weighted by Gasteiger charge is 2.39. The Hall–Kier alpha value is -0.970. The lowest BCUT2D eigenvalue weighted by Gasteiger charge is -2.01. The molecular formula is C9H10BrN3O. The average molecular weight is 256 g/mol. The fourth-order valence-corrected chi connectivity index (χ4v) is 1.49. The number of amides is 1. The number of carbonyl (C=O) groups is 1. The van der Waals surface area contributed by atoms with E-state index in [1.165, 1.54) is 6.20 Å². The monoisotopic (exact) mass is 255 g/mol. The van der Waals surface area contributed by atoms with Crippen LogP contribution in [0.15, 0.2) is 17.0 Å². The predicted molar refractivity (Wildman–Crippen MR) is 55.6 cm³/mol. The Bertz CT molecular complexity index is 352. The minimum Gasteiger partial charge on any atom is -0.309 e. The molecule has 1 aromatic rings. The number of halogens is 1.